The fourth-order valence-corrected chi connectivity index (χ4v) is 5.70. The van der Waals surface area contributed by atoms with Crippen LogP contribution in [0.25, 0.3) is 22.0 Å². The zero-order valence-electron chi connectivity index (χ0n) is 19.1. The number of aromatic nitrogens is 2. The first-order valence-electron chi connectivity index (χ1n) is 11.3. The first-order chi connectivity index (χ1) is 16.9. The van der Waals surface area contributed by atoms with E-state index in [1.54, 1.807) is 24.3 Å². The number of nitrogens with zero attached hydrogens (tertiary/aromatic N) is 1. The molecular weight excluding hydrogens is 458 g/mol. The number of phenolic OH excluding ortho intramolecular Hbond substituents is 1. The number of aryl methyl sites for hydroxylation is 1. The lowest BCUT2D eigenvalue weighted by molar-refractivity contribution is 0.477. The maximum absolute atomic E-state index is 13.6. The molecule has 0 spiro atoms. The van der Waals surface area contributed by atoms with Crippen LogP contribution < -0.4 is 4.72 Å². The van der Waals surface area contributed by atoms with Crippen LogP contribution in [-0.2, 0) is 16.4 Å². The van der Waals surface area contributed by atoms with Gasteiger partial charge in [0.15, 0.2) is 0 Å². The lowest BCUT2D eigenvalue weighted by Gasteiger charge is -2.18. The summed E-state index contributed by atoms with van der Waals surface area (Å²) in [5.74, 6) is 0.115. The molecule has 3 N–H and O–H groups in total. The number of phenols is 1. The van der Waals surface area contributed by atoms with Crippen molar-refractivity contribution < 1.29 is 13.5 Å². The summed E-state index contributed by atoms with van der Waals surface area (Å²) in [6, 6.07) is 28.9. The van der Waals surface area contributed by atoms with Gasteiger partial charge in [0, 0.05) is 10.9 Å². The molecule has 5 aromatic rings. The third kappa shape index (κ3) is 4.82. The van der Waals surface area contributed by atoms with Gasteiger partial charge in [0.1, 0.15) is 5.75 Å². The van der Waals surface area contributed by atoms with Crippen molar-refractivity contribution in [3.8, 4) is 17.0 Å². The van der Waals surface area contributed by atoms with E-state index in [1.165, 1.54) is 0 Å². The molecule has 5 rings (SSSR count). The van der Waals surface area contributed by atoms with E-state index in [1.807, 2.05) is 79.7 Å². The van der Waals surface area contributed by atoms with Crippen molar-refractivity contribution in [2.24, 2.45) is 0 Å². The Kier molecular flexibility index (Phi) is 6.11. The molecule has 0 aliphatic heterocycles. The maximum Gasteiger partial charge on any atom is 0.241 e. The number of fused-ring (bicyclic) bond motifs is 1. The fraction of sp³-hybridized carbons (Fsp3) is 0.107. The minimum Gasteiger partial charge on any atom is -0.507 e. The maximum atomic E-state index is 13.6. The van der Waals surface area contributed by atoms with E-state index in [0.717, 1.165) is 16.5 Å². The van der Waals surface area contributed by atoms with E-state index in [0.29, 0.717) is 28.8 Å². The lowest BCUT2D eigenvalue weighted by Crippen LogP contribution is -2.30. The minimum atomic E-state index is -3.87. The van der Waals surface area contributed by atoms with Crippen LogP contribution in [0.5, 0.6) is 5.75 Å². The zero-order valence-corrected chi connectivity index (χ0v) is 20.0. The molecule has 6 nitrogen and oxygen atoms in total. The van der Waals surface area contributed by atoms with Crippen molar-refractivity contribution in [1.82, 2.24) is 14.9 Å². The summed E-state index contributed by atoms with van der Waals surface area (Å²) in [6.07, 6.45) is 0.423. The largest absolute Gasteiger partial charge is 0.507 e. The second-order valence-corrected chi connectivity index (χ2v) is 10.3. The summed E-state index contributed by atoms with van der Waals surface area (Å²) in [4.78, 5) is 0.227. The monoisotopic (exact) mass is 483 g/mol. The Bertz CT molecular complexity index is 1590. The smallest absolute Gasteiger partial charge is 0.241 e. The topological polar surface area (TPSA) is 95.1 Å². The van der Waals surface area contributed by atoms with Gasteiger partial charge in [-0.3, -0.25) is 5.10 Å². The first kappa shape index (κ1) is 22.8. The number of benzene rings is 4. The number of sulfonamides is 1. The predicted octanol–water partition coefficient (Wildman–Crippen LogP) is 5.51. The average molecular weight is 484 g/mol. The third-order valence-electron chi connectivity index (χ3n) is 6.02. The van der Waals surface area contributed by atoms with Crippen molar-refractivity contribution in [1.29, 1.82) is 0 Å². The van der Waals surface area contributed by atoms with E-state index >= 15 is 0 Å². The van der Waals surface area contributed by atoms with Gasteiger partial charge in [0.05, 0.1) is 22.3 Å². The highest BCUT2D eigenvalue weighted by molar-refractivity contribution is 7.89. The number of aromatic hydroxyl groups is 1. The highest BCUT2D eigenvalue weighted by atomic mass is 32.2. The van der Waals surface area contributed by atoms with Crippen LogP contribution in [0, 0.1) is 6.92 Å². The highest BCUT2D eigenvalue weighted by Gasteiger charge is 2.25. The Morgan fingerprint density at radius 3 is 2.49 bits per heavy atom. The van der Waals surface area contributed by atoms with Crippen LogP contribution in [0.15, 0.2) is 102 Å². The Hall–Kier alpha value is -3.94. The van der Waals surface area contributed by atoms with Gasteiger partial charge in [-0.25, -0.2) is 13.1 Å². The summed E-state index contributed by atoms with van der Waals surface area (Å²) >= 11 is 0. The Morgan fingerprint density at radius 2 is 1.66 bits per heavy atom. The minimum absolute atomic E-state index is 0.115. The lowest BCUT2D eigenvalue weighted by atomic mass is 10.0. The van der Waals surface area contributed by atoms with Gasteiger partial charge in [-0.15, -0.1) is 0 Å². The molecule has 1 aromatic heterocycles. The molecule has 1 atom stereocenters. The Balaban J connectivity index is 1.54. The number of rotatable bonds is 7. The van der Waals surface area contributed by atoms with Crippen LogP contribution >= 0.6 is 0 Å². The number of aromatic amines is 1. The molecule has 1 unspecified atom stereocenters. The molecular formula is C28H25N3O3S. The van der Waals surface area contributed by atoms with Gasteiger partial charge in [-0.05, 0) is 48.6 Å². The standard InChI is InChI=1S/C28H25N3O3S/c1-19-14-15-27(32)23(16-19)24-18-25(30-29-24)26(17-20-8-3-2-4-9-20)31-35(33,34)28-13-7-11-21-10-5-6-12-22(21)28/h2-16,18,26,31-32H,17H2,1H3,(H,29,30). The van der Waals surface area contributed by atoms with Gasteiger partial charge in [0.25, 0.3) is 0 Å². The molecule has 1 heterocycles. The molecule has 0 aliphatic carbocycles. The van der Waals surface area contributed by atoms with Gasteiger partial charge in [-0.1, -0.05) is 78.4 Å². The second kappa shape index (κ2) is 9.37. The van der Waals surface area contributed by atoms with Gasteiger partial charge in [-0.2, -0.15) is 5.10 Å². The molecule has 0 bridgehead atoms. The SMILES string of the molecule is Cc1ccc(O)c(-c2cc(C(Cc3ccccc3)NS(=O)(=O)c3cccc4ccccc34)[nH]n2)c1. The molecule has 0 saturated heterocycles. The van der Waals surface area contributed by atoms with E-state index in [2.05, 4.69) is 14.9 Å². The Morgan fingerprint density at radius 1 is 0.914 bits per heavy atom. The van der Waals surface area contributed by atoms with Gasteiger partial charge >= 0.3 is 0 Å². The number of H-pyrrole nitrogens is 1. The van der Waals surface area contributed by atoms with Crippen molar-refractivity contribution in [3.63, 3.8) is 0 Å². The molecule has 176 valence electrons. The average Bonchev–Trinajstić information content (AvgIpc) is 3.35. The molecule has 35 heavy (non-hydrogen) atoms. The third-order valence-corrected chi connectivity index (χ3v) is 7.55. The van der Waals surface area contributed by atoms with Crippen LogP contribution in [0.3, 0.4) is 0 Å². The summed E-state index contributed by atoms with van der Waals surface area (Å²) < 4.78 is 30.1. The predicted molar refractivity (Wildman–Crippen MR) is 138 cm³/mol. The molecule has 0 fully saturated rings. The number of hydrogen-bond acceptors (Lipinski definition) is 4. The summed E-state index contributed by atoms with van der Waals surface area (Å²) in [6.45, 7) is 1.94. The molecule has 4 aromatic carbocycles. The quantitative estimate of drug-likeness (QED) is 0.285. The van der Waals surface area contributed by atoms with Crippen molar-refractivity contribution in [2.45, 2.75) is 24.3 Å². The van der Waals surface area contributed by atoms with Crippen molar-refractivity contribution >= 4 is 20.8 Å². The van der Waals surface area contributed by atoms with E-state index in [9.17, 15) is 13.5 Å². The van der Waals surface area contributed by atoms with Crippen LogP contribution in [0.1, 0.15) is 22.9 Å². The summed E-state index contributed by atoms with van der Waals surface area (Å²) in [5, 5.41) is 19.2. The van der Waals surface area contributed by atoms with Crippen LogP contribution in [0.2, 0.25) is 0 Å². The molecule has 0 aliphatic rings. The van der Waals surface area contributed by atoms with Gasteiger partial charge < -0.3 is 5.11 Å². The van der Waals surface area contributed by atoms with E-state index in [-0.39, 0.29) is 10.6 Å². The highest BCUT2D eigenvalue weighted by Crippen LogP contribution is 2.31. The number of nitrogens with one attached hydrogen (secondary N) is 2. The van der Waals surface area contributed by atoms with Crippen LogP contribution in [0.4, 0.5) is 0 Å². The second-order valence-electron chi connectivity index (χ2n) is 8.57. The zero-order chi connectivity index (χ0) is 24.4. The summed E-state index contributed by atoms with van der Waals surface area (Å²) in [5.41, 5.74) is 3.70. The normalized spacial score (nSPS) is 12.6. The van der Waals surface area contributed by atoms with E-state index < -0.39 is 16.1 Å². The first-order valence-corrected chi connectivity index (χ1v) is 12.8. The molecule has 7 heteroatoms. The molecule has 0 saturated carbocycles. The van der Waals surface area contributed by atoms with Crippen molar-refractivity contribution in [3.05, 3.63) is 114 Å². The number of hydrogen-bond donors (Lipinski definition) is 3. The van der Waals surface area contributed by atoms with E-state index in [4.69, 9.17) is 0 Å². The fourth-order valence-electron chi connectivity index (χ4n) is 4.25. The summed E-state index contributed by atoms with van der Waals surface area (Å²) in [7, 11) is -3.87. The van der Waals surface area contributed by atoms with Crippen molar-refractivity contribution in [2.75, 3.05) is 0 Å². The molecule has 0 radical (unpaired) electrons. The Labute approximate surface area is 204 Å². The van der Waals surface area contributed by atoms with Gasteiger partial charge in [0.2, 0.25) is 10.0 Å². The molecule has 0 amide bonds. The van der Waals surface area contributed by atoms with Crippen LogP contribution in [-0.4, -0.2) is 23.7 Å².